The van der Waals surface area contributed by atoms with E-state index < -0.39 is 11.4 Å². The van der Waals surface area contributed by atoms with Crippen molar-refractivity contribution in [2.45, 2.75) is 12.5 Å². The van der Waals surface area contributed by atoms with Crippen molar-refractivity contribution in [3.63, 3.8) is 0 Å². The van der Waals surface area contributed by atoms with Crippen molar-refractivity contribution >= 4 is 5.91 Å². The monoisotopic (exact) mass is 233 g/mol. The normalized spacial score (nSPS) is 15.1. The minimum Gasteiger partial charge on any atom is -0.383 e. The molecule has 0 aliphatic rings. The minimum absolute atomic E-state index is 0.398. The largest absolute Gasteiger partial charge is 0.383 e. The number of hydrogen-bond donors (Lipinski definition) is 2. The smallest absolute Gasteiger partial charge is 0.238 e. The molecule has 6 heteroatoms. The number of hydrogen-bond acceptors (Lipinski definition) is 5. The van der Waals surface area contributed by atoms with Gasteiger partial charge in [0.25, 0.3) is 0 Å². The lowest BCUT2D eigenvalue weighted by Gasteiger charge is -2.29. The number of carbonyl (C=O) groups is 1. The Kier molecular flexibility index (Phi) is 7.24. The molecule has 0 saturated heterocycles. The predicted octanol–water partition coefficient (Wildman–Crippen LogP) is -1.22. The van der Waals surface area contributed by atoms with E-state index in [0.29, 0.717) is 32.8 Å². The number of primary amides is 1. The van der Waals surface area contributed by atoms with Crippen molar-refractivity contribution in [3.8, 4) is 0 Å². The lowest BCUT2D eigenvalue weighted by molar-refractivity contribution is -0.123. The van der Waals surface area contributed by atoms with Gasteiger partial charge in [0, 0.05) is 33.9 Å². The second-order valence-corrected chi connectivity index (χ2v) is 4.04. The van der Waals surface area contributed by atoms with E-state index in [2.05, 4.69) is 0 Å². The first-order valence-electron chi connectivity index (χ1n) is 5.23. The van der Waals surface area contributed by atoms with E-state index in [1.54, 1.807) is 21.1 Å². The highest BCUT2D eigenvalue weighted by Gasteiger charge is 2.28. The highest BCUT2D eigenvalue weighted by molar-refractivity contribution is 5.84. The number of nitrogens with two attached hydrogens (primary N) is 2. The first-order valence-corrected chi connectivity index (χ1v) is 5.23. The van der Waals surface area contributed by atoms with E-state index in [9.17, 15) is 4.79 Å². The van der Waals surface area contributed by atoms with Crippen LogP contribution in [0.3, 0.4) is 0 Å². The lowest BCUT2D eigenvalue weighted by Crippen LogP contribution is -2.57. The van der Waals surface area contributed by atoms with Gasteiger partial charge < -0.3 is 20.9 Å². The van der Waals surface area contributed by atoms with Gasteiger partial charge in [-0.05, 0) is 6.92 Å². The number of amides is 1. The SMILES string of the molecule is COCCN(CCOC)CC(C)(N)C(N)=O. The van der Waals surface area contributed by atoms with Crippen LogP contribution >= 0.6 is 0 Å². The molecular formula is C10H23N3O3. The Morgan fingerprint density at radius 3 is 2.00 bits per heavy atom. The fourth-order valence-corrected chi connectivity index (χ4v) is 1.25. The molecule has 1 unspecified atom stereocenters. The van der Waals surface area contributed by atoms with Gasteiger partial charge in [-0.3, -0.25) is 9.69 Å². The molecule has 1 amide bonds. The Hall–Kier alpha value is -0.690. The molecule has 0 bridgehead atoms. The molecule has 16 heavy (non-hydrogen) atoms. The summed E-state index contributed by atoms with van der Waals surface area (Å²) in [4.78, 5) is 13.1. The third-order valence-corrected chi connectivity index (χ3v) is 2.34. The molecule has 6 nitrogen and oxygen atoms in total. The number of rotatable bonds is 9. The minimum atomic E-state index is -1.03. The van der Waals surface area contributed by atoms with Crippen LogP contribution in [0.15, 0.2) is 0 Å². The maximum Gasteiger partial charge on any atom is 0.238 e. The number of nitrogens with zero attached hydrogens (tertiary/aromatic N) is 1. The first-order chi connectivity index (χ1) is 7.44. The zero-order valence-corrected chi connectivity index (χ0v) is 10.4. The van der Waals surface area contributed by atoms with Gasteiger partial charge in [0.15, 0.2) is 0 Å². The highest BCUT2D eigenvalue weighted by Crippen LogP contribution is 2.02. The molecule has 0 saturated carbocycles. The van der Waals surface area contributed by atoms with Crippen LogP contribution in [0.4, 0.5) is 0 Å². The Labute approximate surface area is 96.9 Å². The molecule has 0 heterocycles. The van der Waals surface area contributed by atoms with Gasteiger partial charge in [-0.15, -0.1) is 0 Å². The molecule has 0 aliphatic carbocycles. The summed E-state index contributed by atoms with van der Waals surface area (Å²) in [6, 6.07) is 0. The summed E-state index contributed by atoms with van der Waals surface area (Å²) in [7, 11) is 3.26. The molecule has 0 rings (SSSR count). The van der Waals surface area contributed by atoms with Crippen molar-refractivity contribution in [2.24, 2.45) is 11.5 Å². The van der Waals surface area contributed by atoms with E-state index in [1.165, 1.54) is 0 Å². The summed E-state index contributed by atoms with van der Waals surface area (Å²) in [6.45, 7) is 4.58. The van der Waals surface area contributed by atoms with Gasteiger partial charge in [0.05, 0.1) is 13.2 Å². The maximum absolute atomic E-state index is 11.1. The van der Waals surface area contributed by atoms with Crippen molar-refractivity contribution in [2.75, 3.05) is 47.1 Å². The maximum atomic E-state index is 11.1. The number of ether oxygens (including phenoxy) is 2. The topological polar surface area (TPSA) is 90.8 Å². The molecule has 0 aromatic rings. The van der Waals surface area contributed by atoms with Crippen LogP contribution in [0.1, 0.15) is 6.92 Å². The quantitative estimate of drug-likeness (QED) is 0.521. The fraction of sp³-hybridized carbons (Fsp3) is 0.900. The van der Waals surface area contributed by atoms with E-state index in [0.717, 1.165) is 0 Å². The summed E-state index contributed by atoms with van der Waals surface area (Å²) in [5.41, 5.74) is 10.0. The Balaban J connectivity index is 4.22. The van der Waals surface area contributed by atoms with Crippen LogP contribution in [0.2, 0.25) is 0 Å². The molecular weight excluding hydrogens is 210 g/mol. The standard InChI is InChI=1S/C10H23N3O3/c1-10(12,9(11)14)8-13(4-6-15-2)5-7-16-3/h4-8,12H2,1-3H3,(H2,11,14). The molecule has 0 aliphatic heterocycles. The van der Waals surface area contributed by atoms with Crippen LogP contribution in [-0.2, 0) is 14.3 Å². The van der Waals surface area contributed by atoms with Gasteiger partial charge in [-0.1, -0.05) is 0 Å². The molecule has 96 valence electrons. The number of carbonyl (C=O) groups excluding carboxylic acids is 1. The van der Waals surface area contributed by atoms with E-state index in [4.69, 9.17) is 20.9 Å². The van der Waals surface area contributed by atoms with E-state index in [-0.39, 0.29) is 0 Å². The van der Waals surface area contributed by atoms with Crippen LogP contribution in [0.25, 0.3) is 0 Å². The molecule has 4 N–H and O–H groups in total. The molecule has 1 atom stereocenters. The molecule has 0 spiro atoms. The van der Waals surface area contributed by atoms with Crippen molar-refractivity contribution < 1.29 is 14.3 Å². The van der Waals surface area contributed by atoms with Gasteiger partial charge in [0.2, 0.25) is 5.91 Å². The molecule has 0 aromatic heterocycles. The average molecular weight is 233 g/mol. The van der Waals surface area contributed by atoms with Crippen LogP contribution in [0.5, 0.6) is 0 Å². The average Bonchev–Trinajstić information content (AvgIpc) is 2.21. The van der Waals surface area contributed by atoms with Crippen LogP contribution in [0, 0.1) is 0 Å². The lowest BCUT2D eigenvalue weighted by atomic mass is 10.0. The zero-order chi connectivity index (χ0) is 12.6. The third kappa shape index (κ3) is 6.02. The van der Waals surface area contributed by atoms with Gasteiger partial charge in [0.1, 0.15) is 5.54 Å². The van der Waals surface area contributed by atoms with Gasteiger partial charge >= 0.3 is 0 Å². The van der Waals surface area contributed by atoms with Crippen molar-refractivity contribution in [3.05, 3.63) is 0 Å². The third-order valence-electron chi connectivity index (χ3n) is 2.34. The first kappa shape index (κ1) is 15.3. The second-order valence-electron chi connectivity index (χ2n) is 4.04. The Bertz CT molecular complexity index is 201. The molecule has 0 fully saturated rings. The summed E-state index contributed by atoms with van der Waals surface area (Å²) >= 11 is 0. The van der Waals surface area contributed by atoms with Crippen LogP contribution in [-0.4, -0.2) is 63.4 Å². The Morgan fingerprint density at radius 1 is 1.25 bits per heavy atom. The summed E-state index contributed by atoms with van der Waals surface area (Å²) in [6.07, 6.45) is 0. The van der Waals surface area contributed by atoms with Crippen LogP contribution < -0.4 is 11.5 Å². The van der Waals surface area contributed by atoms with E-state index >= 15 is 0 Å². The highest BCUT2D eigenvalue weighted by atomic mass is 16.5. The van der Waals surface area contributed by atoms with E-state index in [1.807, 2.05) is 4.90 Å². The predicted molar refractivity (Wildman–Crippen MR) is 62.0 cm³/mol. The van der Waals surface area contributed by atoms with Gasteiger partial charge in [-0.25, -0.2) is 0 Å². The molecule has 0 aromatic carbocycles. The van der Waals surface area contributed by atoms with Gasteiger partial charge in [-0.2, -0.15) is 0 Å². The fourth-order valence-electron chi connectivity index (χ4n) is 1.25. The number of methoxy groups -OCH3 is 2. The second kappa shape index (κ2) is 7.56. The van der Waals surface area contributed by atoms with Crippen molar-refractivity contribution in [1.82, 2.24) is 4.90 Å². The summed E-state index contributed by atoms with van der Waals surface area (Å²) in [5, 5.41) is 0. The summed E-state index contributed by atoms with van der Waals surface area (Å²) < 4.78 is 9.98. The van der Waals surface area contributed by atoms with Crippen molar-refractivity contribution in [1.29, 1.82) is 0 Å². The zero-order valence-electron chi connectivity index (χ0n) is 10.4. The Morgan fingerprint density at radius 2 is 1.69 bits per heavy atom. The molecule has 0 radical (unpaired) electrons. The summed E-state index contributed by atoms with van der Waals surface area (Å²) in [5.74, 6) is -0.507.